The number of amides is 3. The van der Waals surface area contributed by atoms with Crippen LogP contribution in [0.4, 0.5) is 10.8 Å². The van der Waals surface area contributed by atoms with Crippen molar-refractivity contribution >= 4 is 69.3 Å². The lowest BCUT2D eigenvalue weighted by atomic mass is 10.1. The summed E-state index contributed by atoms with van der Waals surface area (Å²) in [4.78, 5) is 46.2. The van der Waals surface area contributed by atoms with Crippen molar-refractivity contribution in [3.8, 4) is 17.0 Å². The van der Waals surface area contributed by atoms with Gasteiger partial charge in [-0.1, -0.05) is 96.5 Å². The summed E-state index contributed by atoms with van der Waals surface area (Å²) in [5.41, 5.74) is 3.97. The van der Waals surface area contributed by atoms with E-state index in [1.807, 2.05) is 85.1 Å². The Morgan fingerprint density at radius 1 is 0.846 bits per heavy atom. The number of aromatic nitrogens is 1. The SMILES string of the molecule is CCOc1ccccc1/C=C(/NC(=O)c1ccccc1)C(=O)Nc1cccc(SC(C(=O)Nc2nc(-c3ccc(Cl)cc3)cs2)c2ccccc2)c1. The van der Waals surface area contributed by atoms with Crippen LogP contribution in [-0.4, -0.2) is 29.3 Å². The summed E-state index contributed by atoms with van der Waals surface area (Å²) < 4.78 is 5.76. The lowest BCUT2D eigenvalue weighted by Gasteiger charge is -2.17. The topological polar surface area (TPSA) is 109 Å². The molecule has 0 aliphatic heterocycles. The third-order valence-electron chi connectivity index (χ3n) is 7.61. The minimum atomic E-state index is -0.634. The molecule has 8 nitrogen and oxygen atoms in total. The van der Waals surface area contributed by atoms with E-state index in [4.69, 9.17) is 16.3 Å². The minimum Gasteiger partial charge on any atom is -0.493 e. The molecule has 0 fully saturated rings. The van der Waals surface area contributed by atoms with E-state index in [1.54, 1.807) is 66.7 Å². The average Bonchev–Trinajstić information content (AvgIpc) is 3.63. The van der Waals surface area contributed by atoms with E-state index in [1.165, 1.54) is 23.1 Å². The molecule has 0 bridgehead atoms. The molecule has 3 N–H and O–H groups in total. The fourth-order valence-corrected chi connectivity index (χ4v) is 7.05. The standard InChI is InChI=1S/C41H33ClN4O4S2/c1-2-50-36-19-10-9-16-30(36)24-34(44-38(47)29-14-7-4-8-15-29)39(48)43-32-17-11-18-33(25-32)52-37(28-12-5-3-6-13-28)40(49)46-41-45-35(26-51-41)27-20-22-31(42)23-21-27/h3-26,37H,2H2,1H3,(H,43,48)(H,44,47)(H,45,46,49)/b34-24+. The van der Waals surface area contributed by atoms with Gasteiger partial charge < -0.3 is 20.7 Å². The molecule has 6 aromatic rings. The Hall–Kier alpha value is -5.68. The molecule has 3 amide bonds. The van der Waals surface area contributed by atoms with Gasteiger partial charge in [0.1, 0.15) is 16.7 Å². The summed E-state index contributed by atoms with van der Waals surface area (Å²) in [6.07, 6.45) is 1.59. The molecule has 0 spiro atoms. The lowest BCUT2D eigenvalue weighted by Crippen LogP contribution is -2.30. The summed E-state index contributed by atoms with van der Waals surface area (Å²) in [7, 11) is 0. The maximum atomic E-state index is 13.8. The zero-order chi connectivity index (χ0) is 36.3. The zero-order valence-electron chi connectivity index (χ0n) is 27.9. The number of para-hydroxylation sites is 1. The number of halogens is 1. The van der Waals surface area contributed by atoms with Crippen LogP contribution in [-0.2, 0) is 9.59 Å². The highest BCUT2D eigenvalue weighted by Gasteiger charge is 2.24. The van der Waals surface area contributed by atoms with Gasteiger partial charge in [0.2, 0.25) is 5.91 Å². The van der Waals surface area contributed by atoms with Crippen LogP contribution in [0.2, 0.25) is 5.02 Å². The molecule has 6 rings (SSSR count). The predicted octanol–water partition coefficient (Wildman–Crippen LogP) is 9.74. The monoisotopic (exact) mass is 744 g/mol. The Balaban J connectivity index is 1.22. The largest absolute Gasteiger partial charge is 0.493 e. The number of hydrogen-bond acceptors (Lipinski definition) is 7. The van der Waals surface area contributed by atoms with Gasteiger partial charge in [0.15, 0.2) is 5.13 Å². The molecule has 52 heavy (non-hydrogen) atoms. The highest BCUT2D eigenvalue weighted by Crippen LogP contribution is 2.38. The van der Waals surface area contributed by atoms with Gasteiger partial charge in [0.25, 0.3) is 11.8 Å². The van der Waals surface area contributed by atoms with Gasteiger partial charge in [-0.2, -0.15) is 0 Å². The first-order valence-corrected chi connectivity index (χ1v) is 18.5. The number of thiazole rings is 1. The summed E-state index contributed by atoms with van der Waals surface area (Å²) in [5.74, 6) is -0.635. The maximum absolute atomic E-state index is 13.8. The second-order valence-corrected chi connectivity index (χ2v) is 13.7. The molecule has 0 aliphatic carbocycles. The van der Waals surface area contributed by atoms with E-state index in [2.05, 4.69) is 20.9 Å². The second kappa shape index (κ2) is 17.5. The normalized spacial score (nSPS) is 11.7. The van der Waals surface area contributed by atoms with Crippen LogP contribution >= 0.6 is 34.7 Å². The Labute approximate surface area is 314 Å². The Bertz CT molecular complexity index is 2190. The molecule has 0 saturated heterocycles. The van der Waals surface area contributed by atoms with Gasteiger partial charge in [0, 0.05) is 37.7 Å². The van der Waals surface area contributed by atoms with E-state index in [-0.39, 0.29) is 11.6 Å². The minimum absolute atomic E-state index is 0.0296. The summed E-state index contributed by atoms with van der Waals surface area (Å²) in [6.45, 7) is 2.31. The van der Waals surface area contributed by atoms with Crippen LogP contribution in [0.15, 0.2) is 149 Å². The highest BCUT2D eigenvalue weighted by atomic mass is 35.5. The van der Waals surface area contributed by atoms with Crippen LogP contribution < -0.4 is 20.7 Å². The van der Waals surface area contributed by atoms with Crippen LogP contribution in [0.1, 0.15) is 33.7 Å². The molecule has 0 saturated carbocycles. The maximum Gasteiger partial charge on any atom is 0.272 e. The molecule has 1 aromatic heterocycles. The van der Waals surface area contributed by atoms with Gasteiger partial charge in [-0.05, 0) is 67.1 Å². The lowest BCUT2D eigenvalue weighted by molar-refractivity contribution is -0.116. The number of ether oxygens (including phenoxy) is 1. The number of carbonyl (C=O) groups excluding carboxylic acids is 3. The van der Waals surface area contributed by atoms with Crippen molar-refractivity contribution in [3.63, 3.8) is 0 Å². The van der Waals surface area contributed by atoms with Gasteiger partial charge in [-0.25, -0.2) is 4.98 Å². The van der Waals surface area contributed by atoms with Gasteiger partial charge in [0.05, 0.1) is 12.3 Å². The molecule has 0 radical (unpaired) electrons. The summed E-state index contributed by atoms with van der Waals surface area (Å²) >= 11 is 8.72. The first-order chi connectivity index (χ1) is 25.4. The number of rotatable bonds is 13. The number of thioether (sulfide) groups is 1. The smallest absolute Gasteiger partial charge is 0.272 e. The van der Waals surface area contributed by atoms with Gasteiger partial charge in [-0.3, -0.25) is 14.4 Å². The quantitative estimate of drug-likeness (QED) is 0.0803. The van der Waals surface area contributed by atoms with E-state index in [0.717, 1.165) is 21.7 Å². The molecule has 5 aromatic carbocycles. The van der Waals surface area contributed by atoms with E-state index < -0.39 is 17.1 Å². The van der Waals surface area contributed by atoms with Crippen LogP contribution in [0, 0.1) is 0 Å². The first-order valence-electron chi connectivity index (χ1n) is 16.3. The van der Waals surface area contributed by atoms with Crippen molar-refractivity contribution in [2.24, 2.45) is 0 Å². The predicted molar refractivity (Wildman–Crippen MR) is 211 cm³/mol. The molecular formula is C41H33ClN4O4S2. The molecular weight excluding hydrogens is 712 g/mol. The number of carbonyl (C=O) groups is 3. The Kier molecular flexibility index (Phi) is 12.2. The van der Waals surface area contributed by atoms with Crippen LogP contribution in [0.5, 0.6) is 5.75 Å². The fourth-order valence-electron chi connectivity index (χ4n) is 5.12. The van der Waals surface area contributed by atoms with E-state index in [9.17, 15) is 14.4 Å². The number of nitrogens with one attached hydrogen (secondary N) is 3. The summed E-state index contributed by atoms with van der Waals surface area (Å²) in [6, 6.07) is 40.0. The molecule has 260 valence electrons. The number of nitrogens with zero attached hydrogens (tertiary/aromatic N) is 1. The molecule has 0 aliphatic rings. The summed E-state index contributed by atoms with van der Waals surface area (Å²) in [5, 5.41) is 11.0. The second-order valence-electron chi connectivity index (χ2n) is 11.3. The number of anilines is 2. The molecule has 1 heterocycles. The van der Waals surface area contributed by atoms with Crippen LogP contribution in [0.25, 0.3) is 17.3 Å². The third kappa shape index (κ3) is 9.55. The van der Waals surface area contributed by atoms with Crippen molar-refractivity contribution in [3.05, 3.63) is 166 Å². The van der Waals surface area contributed by atoms with E-state index >= 15 is 0 Å². The Morgan fingerprint density at radius 3 is 2.31 bits per heavy atom. The van der Waals surface area contributed by atoms with Crippen molar-refractivity contribution in [2.45, 2.75) is 17.1 Å². The third-order valence-corrected chi connectivity index (χ3v) is 9.87. The number of hydrogen-bond donors (Lipinski definition) is 3. The molecule has 1 unspecified atom stereocenters. The van der Waals surface area contributed by atoms with Crippen molar-refractivity contribution < 1.29 is 19.1 Å². The fraction of sp³-hybridized carbons (Fsp3) is 0.0732. The Morgan fingerprint density at radius 2 is 1.56 bits per heavy atom. The first kappa shape index (κ1) is 36.1. The number of benzene rings is 5. The van der Waals surface area contributed by atoms with Crippen molar-refractivity contribution in [1.82, 2.24) is 10.3 Å². The molecule has 11 heteroatoms. The van der Waals surface area contributed by atoms with Crippen molar-refractivity contribution in [1.29, 1.82) is 0 Å². The molecule has 1 atom stereocenters. The zero-order valence-corrected chi connectivity index (χ0v) is 30.3. The average molecular weight is 745 g/mol. The van der Waals surface area contributed by atoms with E-state index in [0.29, 0.717) is 39.3 Å². The highest BCUT2D eigenvalue weighted by molar-refractivity contribution is 8.00. The van der Waals surface area contributed by atoms with Gasteiger partial charge in [-0.15, -0.1) is 23.1 Å². The van der Waals surface area contributed by atoms with Crippen molar-refractivity contribution in [2.75, 3.05) is 17.2 Å². The van der Waals surface area contributed by atoms with Crippen LogP contribution in [0.3, 0.4) is 0 Å². The van der Waals surface area contributed by atoms with Gasteiger partial charge >= 0.3 is 0 Å².